The van der Waals surface area contributed by atoms with E-state index in [0.29, 0.717) is 17.1 Å². The van der Waals surface area contributed by atoms with Crippen molar-refractivity contribution in [3.05, 3.63) is 45.9 Å². The van der Waals surface area contributed by atoms with Crippen LogP contribution in [0.25, 0.3) is 0 Å². The van der Waals surface area contributed by atoms with Crippen LogP contribution in [0.3, 0.4) is 0 Å². The van der Waals surface area contributed by atoms with E-state index in [0.717, 1.165) is 11.3 Å². The molecular weight excluding hydrogens is 274 g/mol. The second-order valence-corrected chi connectivity index (χ2v) is 5.49. The molecule has 2 amide bonds. The Labute approximate surface area is 120 Å². The van der Waals surface area contributed by atoms with Gasteiger partial charge in [-0.15, -0.1) is 11.3 Å². The lowest BCUT2D eigenvalue weighted by Gasteiger charge is -2.18. The van der Waals surface area contributed by atoms with Gasteiger partial charge in [0.05, 0.1) is 11.2 Å². The van der Waals surface area contributed by atoms with Crippen molar-refractivity contribution in [1.82, 2.24) is 9.88 Å². The number of thiazole rings is 1. The van der Waals surface area contributed by atoms with Crippen LogP contribution in [-0.2, 0) is 11.3 Å². The van der Waals surface area contributed by atoms with Crippen LogP contribution in [0.4, 0.5) is 5.69 Å². The zero-order chi connectivity index (χ0) is 14.1. The van der Waals surface area contributed by atoms with E-state index >= 15 is 0 Å². The van der Waals surface area contributed by atoms with Gasteiger partial charge in [0, 0.05) is 12.2 Å². The van der Waals surface area contributed by atoms with Gasteiger partial charge in [-0.05, 0) is 18.6 Å². The third kappa shape index (κ3) is 2.30. The molecule has 0 saturated heterocycles. The molecule has 0 radical (unpaired) electrons. The predicted octanol–water partition coefficient (Wildman–Crippen LogP) is 2.05. The summed E-state index contributed by atoms with van der Waals surface area (Å²) in [7, 11) is 0. The molecule has 102 valence electrons. The molecule has 1 aromatic carbocycles. The number of carbonyl (C=O) groups is 2. The first-order valence-corrected chi connectivity index (χ1v) is 7.10. The normalized spacial score (nSPS) is 14.4. The molecule has 0 fully saturated rings. The van der Waals surface area contributed by atoms with E-state index in [9.17, 15) is 9.59 Å². The van der Waals surface area contributed by atoms with E-state index in [1.54, 1.807) is 17.3 Å². The number of benzene rings is 1. The first-order valence-electron chi connectivity index (χ1n) is 6.22. The van der Waals surface area contributed by atoms with E-state index in [-0.39, 0.29) is 18.4 Å². The number of hydrogen-bond acceptors (Lipinski definition) is 4. The van der Waals surface area contributed by atoms with Crippen molar-refractivity contribution >= 4 is 28.8 Å². The predicted molar refractivity (Wildman–Crippen MR) is 76.7 cm³/mol. The second kappa shape index (κ2) is 5.05. The Kier molecular flexibility index (Phi) is 3.23. The zero-order valence-corrected chi connectivity index (χ0v) is 11.7. The highest BCUT2D eigenvalue weighted by Crippen LogP contribution is 2.23. The van der Waals surface area contributed by atoms with Gasteiger partial charge in [0.25, 0.3) is 5.91 Å². The Morgan fingerprint density at radius 1 is 1.35 bits per heavy atom. The number of rotatable bonds is 1. The number of aryl methyl sites for hydroxylation is 1. The van der Waals surface area contributed by atoms with Crippen LogP contribution in [0.2, 0.25) is 0 Å². The maximum Gasteiger partial charge on any atom is 0.266 e. The molecule has 1 aromatic heterocycles. The van der Waals surface area contributed by atoms with Crippen molar-refractivity contribution < 1.29 is 9.59 Å². The number of anilines is 1. The molecule has 0 aliphatic carbocycles. The quantitative estimate of drug-likeness (QED) is 0.873. The number of para-hydroxylation sites is 1. The third-order valence-electron chi connectivity index (χ3n) is 3.21. The first kappa shape index (κ1) is 12.8. The summed E-state index contributed by atoms with van der Waals surface area (Å²) >= 11 is 1.31. The lowest BCUT2D eigenvalue weighted by Crippen LogP contribution is -2.35. The first-order chi connectivity index (χ1) is 9.65. The highest BCUT2D eigenvalue weighted by Gasteiger charge is 2.25. The molecule has 1 N–H and O–H groups in total. The van der Waals surface area contributed by atoms with Crippen molar-refractivity contribution in [3.8, 4) is 0 Å². The number of amides is 2. The Morgan fingerprint density at radius 3 is 2.90 bits per heavy atom. The van der Waals surface area contributed by atoms with Gasteiger partial charge in [-0.1, -0.05) is 18.2 Å². The molecule has 3 rings (SSSR count). The minimum absolute atomic E-state index is 0.0604. The average molecular weight is 287 g/mol. The number of nitrogens with zero attached hydrogens (tertiary/aromatic N) is 2. The highest BCUT2D eigenvalue weighted by molar-refractivity contribution is 7.11. The standard InChI is InChI=1S/C14H13N3O2S/c1-9-13(20-8-15-9)14(19)17-6-10-4-2-3-5-11(10)16-12(18)7-17/h2-5,8H,6-7H2,1H3,(H,16,18). The van der Waals surface area contributed by atoms with Crippen LogP contribution in [0.5, 0.6) is 0 Å². The monoisotopic (exact) mass is 287 g/mol. The summed E-state index contributed by atoms with van der Waals surface area (Å²) in [5.74, 6) is -0.317. The van der Waals surface area contributed by atoms with Crippen molar-refractivity contribution in [2.75, 3.05) is 11.9 Å². The minimum Gasteiger partial charge on any atom is -0.324 e. The molecule has 1 aliphatic heterocycles. The van der Waals surface area contributed by atoms with Crippen molar-refractivity contribution in [3.63, 3.8) is 0 Å². The van der Waals surface area contributed by atoms with Crippen molar-refractivity contribution in [2.24, 2.45) is 0 Å². The van der Waals surface area contributed by atoms with Crippen molar-refractivity contribution in [1.29, 1.82) is 0 Å². The molecule has 5 nitrogen and oxygen atoms in total. The van der Waals surface area contributed by atoms with Crippen LogP contribution in [0, 0.1) is 6.92 Å². The fraction of sp³-hybridized carbons (Fsp3) is 0.214. The largest absolute Gasteiger partial charge is 0.324 e. The van der Waals surface area contributed by atoms with Gasteiger partial charge < -0.3 is 10.2 Å². The number of fused-ring (bicyclic) bond motifs is 1. The molecule has 0 unspecified atom stereocenters. The van der Waals surface area contributed by atoms with Crippen LogP contribution in [0.1, 0.15) is 20.9 Å². The smallest absolute Gasteiger partial charge is 0.266 e. The van der Waals surface area contributed by atoms with E-state index in [1.165, 1.54) is 11.3 Å². The maximum absolute atomic E-state index is 12.5. The Bertz CT molecular complexity index is 681. The summed E-state index contributed by atoms with van der Waals surface area (Å²) in [5, 5.41) is 2.82. The topological polar surface area (TPSA) is 62.3 Å². The van der Waals surface area contributed by atoms with Gasteiger partial charge in [-0.25, -0.2) is 4.98 Å². The summed E-state index contributed by atoms with van der Waals surface area (Å²) in [6.07, 6.45) is 0. The van der Waals surface area contributed by atoms with Crippen LogP contribution in [-0.4, -0.2) is 28.2 Å². The molecule has 0 bridgehead atoms. The molecule has 1 aliphatic rings. The zero-order valence-electron chi connectivity index (χ0n) is 10.9. The van der Waals surface area contributed by atoms with Crippen LogP contribution >= 0.6 is 11.3 Å². The molecule has 0 spiro atoms. The molecule has 20 heavy (non-hydrogen) atoms. The third-order valence-corrected chi connectivity index (χ3v) is 4.13. The van der Waals surface area contributed by atoms with E-state index in [2.05, 4.69) is 10.3 Å². The molecule has 0 atom stereocenters. The van der Waals surface area contributed by atoms with Crippen LogP contribution in [0.15, 0.2) is 29.8 Å². The molecule has 6 heteroatoms. The summed E-state index contributed by atoms with van der Waals surface area (Å²) < 4.78 is 0. The molecule has 0 saturated carbocycles. The van der Waals surface area contributed by atoms with Gasteiger partial charge >= 0.3 is 0 Å². The van der Waals surface area contributed by atoms with E-state index in [4.69, 9.17) is 0 Å². The minimum atomic E-state index is -0.175. The van der Waals surface area contributed by atoms with Gasteiger partial charge in [0.2, 0.25) is 5.91 Å². The lowest BCUT2D eigenvalue weighted by molar-refractivity contribution is -0.116. The summed E-state index contributed by atoms with van der Waals surface area (Å²) in [5.41, 5.74) is 4.06. The number of carbonyl (C=O) groups excluding carboxylic acids is 2. The van der Waals surface area contributed by atoms with Crippen LogP contribution < -0.4 is 5.32 Å². The van der Waals surface area contributed by atoms with Crippen molar-refractivity contribution in [2.45, 2.75) is 13.5 Å². The Morgan fingerprint density at radius 2 is 2.15 bits per heavy atom. The average Bonchev–Trinajstić information content (AvgIpc) is 2.77. The molecule has 2 heterocycles. The van der Waals surface area contributed by atoms with Gasteiger partial charge in [-0.2, -0.15) is 0 Å². The number of hydrogen-bond donors (Lipinski definition) is 1. The van der Waals surface area contributed by atoms with E-state index in [1.807, 2.05) is 24.3 Å². The lowest BCUT2D eigenvalue weighted by atomic mass is 10.1. The number of nitrogens with one attached hydrogen (secondary N) is 1. The molecule has 2 aromatic rings. The summed E-state index contributed by atoms with van der Waals surface area (Å²) in [4.78, 5) is 30.6. The maximum atomic E-state index is 12.5. The number of aromatic nitrogens is 1. The molecular formula is C14H13N3O2S. The summed E-state index contributed by atoms with van der Waals surface area (Å²) in [6.45, 7) is 2.28. The van der Waals surface area contributed by atoms with Gasteiger partial charge in [0.1, 0.15) is 11.4 Å². The second-order valence-electron chi connectivity index (χ2n) is 4.63. The Hall–Kier alpha value is -2.21. The van der Waals surface area contributed by atoms with Gasteiger partial charge in [0.15, 0.2) is 0 Å². The van der Waals surface area contributed by atoms with E-state index < -0.39 is 0 Å². The fourth-order valence-electron chi connectivity index (χ4n) is 2.20. The summed E-state index contributed by atoms with van der Waals surface area (Å²) in [6, 6.07) is 7.53. The SMILES string of the molecule is Cc1ncsc1C(=O)N1CC(=O)Nc2ccccc2C1. The highest BCUT2D eigenvalue weighted by atomic mass is 32.1. The Balaban J connectivity index is 1.93. The fourth-order valence-corrected chi connectivity index (χ4v) is 2.97. The van der Waals surface area contributed by atoms with Gasteiger partial charge in [-0.3, -0.25) is 9.59 Å².